The van der Waals surface area contributed by atoms with Gasteiger partial charge in [0.2, 0.25) is 0 Å². The minimum Gasteiger partial charge on any atom is -0.434 e. The van der Waals surface area contributed by atoms with Crippen molar-refractivity contribution in [2.45, 2.75) is 31.9 Å². The molecule has 0 bridgehead atoms. The summed E-state index contributed by atoms with van der Waals surface area (Å²) < 4.78 is 34.3. The Morgan fingerprint density at radius 2 is 2.08 bits per heavy atom. The summed E-state index contributed by atoms with van der Waals surface area (Å²) in [6.07, 6.45) is 7.07. The second-order valence-electron chi connectivity index (χ2n) is 9.14. The molecule has 1 aliphatic rings. The van der Waals surface area contributed by atoms with E-state index in [0.29, 0.717) is 6.42 Å². The van der Waals surface area contributed by atoms with E-state index in [0.717, 1.165) is 32.5 Å². The van der Waals surface area contributed by atoms with Crippen molar-refractivity contribution in [3.8, 4) is 17.0 Å². The van der Waals surface area contributed by atoms with Gasteiger partial charge >= 0.3 is 6.61 Å². The molecule has 3 aromatic heterocycles. The zero-order valence-corrected chi connectivity index (χ0v) is 21.6. The van der Waals surface area contributed by atoms with Crippen LogP contribution in [0, 0.1) is 0 Å². The highest BCUT2D eigenvalue weighted by molar-refractivity contribution is 6.31. The minimum atomic E-state index is -3.07. The van der Waals surface area contributed by atoms with Crippen LogP contribution in [0.25, 0.3) is 16.9 Å². The first-order chi connectivity index (χ1) is 18.8. The lowest BCUT2D eigenvalue weighted by Crippen LogP contribution is -2.35. The maximum atomic E-state index is 13.4. The molecule has 5 rings (SSSR count). The Bertz CT molecular complexity index is 1470. The molecule has 1 saturated heterocycles. The SMILES string of the molecule is Nc1nn2cccnc2c1C(=O)Nc1cn(C2CCN(CCCO)CC2)nc1-c1cc(Cl)ccc1OC(F)F. The van der Waals surface area contributed by atoms with Crippen LogP contribution in [0.5, 0.6) is 5.75 Å². The zero-order chi connectivity index (χ0) is 27.5. The van der Waals surface area contributed by atoms with Crippen molar-refractivity contribution in [1.29, 1.82) is 0 Å². The van der Waals surface area contributed by atoms with Gasteiger partial charge in [-0.15, -0.1) is 5.10 Å². The largest absolute Gasteiger partial charge is 0.434 e. The van der Waals surface area contributed by atoms with Gasteiger partial charge in [-0.3, -0.25) is 9.48 Å². The van der Waals surface area contributed by atoms with Gasteiger partial charge in [-0.1, -0.05) is 11.6 Å². The van der Waals surface area contributed by atoms with Crippen molar-refractivity contribution in [1.82, 2.24) is 29.3 Å². The molecule has 0 saturated carbocycles. The Labute approximate surface area is 227 Å². The number of carbonyl (C=O) groups is 1. The maximum Gasteiger partial charge on any atom is 0.387 e. The van der Waals surface area contributed by atoms with Crippen molar-refractivity contribution in [2.75, 3.05) is 37.3 Å². The molecule has 1 aromatic carbocycles. The number of anilines is 2. The second kappa shape index (κ2) is 11.5. The number of carbonyl (C=O) groups excluding carboxylic acids is 1. The smallest absolute Gasteiger partial charge is 0.387 e. The van der Waals surface area contributed by atoms with Crippen LogP contribution in [0.3, 0.4) is 0 Å². The molecular formula is C25H27ClF2N8O3. The molecule has 11 nitrogen and oxygen atoms in total. The van der Waals surface area contributed by atoms with Crippen molar-refractivity contribution < 1.29 is 23.4 Å². The number of ether oxygens (including phenoxy) is 1. The van der Waals surface area contributed by atoms with E-state index in [2.05, 4.69) is 20.3 Å². The molecule has 4 N–H and O–H groups in total. The minimum absolute atomic E-state index is 0.00198. The van der Waals surface area contributed by atoms with Gasteiger partial charge < -0.3 is 25.8 Å². The number of nitrogen functional groups attached to an aromatic ring is 1. The third-order valence-corrected chi connectivity index (χ3v) is 6.84. The number of fused-ring (bicyclic) bond motifs is 1. The summed E-state index contributed by atoms with van der Waals surface area (Å²) in [4.78, 5) is 19.9. The third-order valence-electron chi connectivity index (χ3n) is 6.61. The normalized spacial score (nSPS) is 14.8. The van der Waals surface area contributed by atoms with E-state index in [1.807, 2.05) is 0 Å². The summed E-state index contributed by atoms with van der Waals surface area (Å²) in [6, 6.07) is 5.89. The predicted molar refractivity (Wildman–Crippen MR) is 141 cm³/mol. The molecule has 39 heavy (non-hydrogen) atoms. The number of amides is 1. The van der Waals surface area contributed by atoms with Gasteiger partial charge in [-0.05, 0) is 43.5 Å². The third kappa shape index (κ3) is 5.79. The van der Waals surface area contributed by atoms with Crippen LogP contribution in [-0.2, 0) is 0 Å². The fourth-order valence-corrected chi connectivity index (χ4v) is 4.94. The molecule has 0 radical (unpaired) electrons. The summed E-state index contributed by atoms with van der Waals surface area (Å²) in [5.74, 6) is -0.731. The van der Waals surface area contributed by atoms with Gasteiger partial charge in [-0.2, -0.15) is 13.9 Å². The number of nitrogens with zero attached hydrogens (tertiary/aromatic N) is 6. The summed E-state index contributed by atoms with van der Waals surface area (Å²) in [6.45, 7) is -0.508. The van der Waals surface area contributed by atoms with Crippen molar-refractivity contribution >= 4 is 34.7 Å². The van der Waals surface area contributed by atoms with Crippen LogP contribution in [0.4, 0.5) is 20.3 Å². The number of hydrogen-bond donors (Lipinski definition) is 3. The van der Waals surface area contributed by atoms with Crippen LogP contribution in [0.2, 0.25) is 5.02 Å². The van der Waals surface area contributed by atoms with E-state index in [4.69, 9.17) is 32.3 Å². The van der Waals surface area contributed by atoms with Crippen LogP contribution in [0.1, 0.15) is 35.7 Å². The Balaban J connectivity index is 1.51. The predicted octanol–water partition coefficient (Wildman–Crippen LogP) is 3.70. The van der Waals surface area contributed by atoms with Crippen molar-refractivity contribution in [2.24, 2.45) is 0 Å². The first-order valence-corrected chi connectivity index (χ1v) is 12.8. The molecule has 14 heteroatoms. The highest BCUT2D eigenvalue weighted by atomic mass is 35.5. The Morgan fingerprint density at radius 3 is 2.82 bits per heavy atom. The number of halogens is 3. The van der Waals surface area contributed by atoms with Gasteiger partial charge in [0.25, 0.3) is 5.91 Å². The number of alkyl halides is 2. The topological polar surface area (TPSA) is 136 Å². The first kappa shape index (κ1) is 26.8. The number of piperidine rings is 1. The molecule has 1 fully saturated rings. The van der Waals surface area contributed by atoms with Gasteiger partial charge in [0.15, 0.2) is 11.5 Å². The quantitative estimate of drug-likeness (QED) is 0.282. The summed E-state index contributed by atoms with van der Waals surface area (Å²) in [7, 11) is 0. The van der Waals surface area contributed by atoms with Crippen LogP contribution in [-0.4, -0.2) is 73.1 Å². The van der Waals surface area contributed by atoms with E-state index in [1.165, 1.54) is 28.9 Å². The number of nitrogens with one attached hydrogen (secondary N) is 1. The molecule has 0 unspecified atom stereocenters. The Morgan fingerprint density at radius 1 is 1.28 bits per heavy atom. The lowest BCUT2D eigenvalue weighted by Gasteiger charge is -2.31. The van der Waals surface area contributed by atoms with Crippen LogP contribution in [0.15, 0.2) is 42.9 Å². The fourth-order valence-electron chi connectivity index (χ4n) is 4.76. The van der Waals surface area contributed by atoms with Crippen LogP contribution < -0.4 is 15.8 Å². The van der Waals surface area contributed by atoms with E-state index < -0.39 is 12.5 Å². The number of aliphatic hydroxyl groups excluding tert-OH is 1. The number of rotatable bonds is 9. The van der Waals surface area contributed by atoms with E-state index in [1.54, 1.807) is 23.1 Å². The number of aliphatic hydroxyl groups is 1. The lowest BCUT2D eigenvalue weighted by molar-refractivity contribution is -0.0494. The second-order valence-corrected chi connectivity index (χ2v) is 9.58. The average molecular weight is 561 g/mol. The van der Waals surface area contributed by atoms with Gasteiger partial charge in [0, 0.05) is 55.4 Å². The van der Waals surface area contributed by atoms with E-state index in [9.17, 15) is 13.6 Å². The monoisotopic (exact) mass is 560 g/mol. The molecule has 4 aromatic rings. The van der Waals surface area contributed by atoms with Gasteiger partial charge in [0.1, 0.15) is 17.0 Å². The molecule has 1 aliphatic heterocycles. The highest BCUT2D eigenvalue weighted by Crippen LogP contribution is 2.38. The lowest BCUT2D eigenvalue weighted by atomic mass is 10.1. The molecule has 0 atom stereocenters. The number of benzene rings is 1. The number of aromatic nitrogens is 5. The standard InChI is InChI=1S/C25H27ClF2N8O3/c26-15-3-4-19(39-25(27)28)17(13-15)21-18(14-36(32-21)16-5-10-34(11-6-16)8-2-12-37)31-24(38)20-22(29)33-35-9-1-7-30-23(20)35/h1,3-4,7,9,13-14,16,25,37H,2,5-6,8,10-12H2,(H2,29,33)(H,31,38). The Kier molecular flexibility index (Phi) is 7.91. The fraction of sp³-hybridized carbons (Fsp3) is 0.360. The number of likely N-dealkylation sites (tertiary alicyclic amines) is 1. The maximum absolute atomic E-state index is 13.4. The average Bonchev–Trinajstić information content (AvgIpc) is 3.48. The summed E-state index contributed by atoms with van der Waals surface area (Å²) in [5, 5.41) is 21.1. The Hall–Kier alpha value is -3.81. The highest BCUT2D eigenvalue weighted by Gasteiger charge is 2.27. The van der Waals surface area contributed by atoms with Crippen molar-refractivity contribution in [3.63, 3.8) is 0 Å². The number of hydrogen-bond acceptors (Lipinski definition) is 8. The molecule has 1 amide bonds. The molecule has 0 aliphatic carbocycles. The number of nitrogens with two attached hydrogens (primary N) is 1. The summed E-state index contributed by atoms with van der Waals surface area (Å²) >= 11 is 6.22. The zero-order valence-electron chi connectivity index (χ0n) is 20.8. The van der Waals surface area contributed by atoms with Crippen LogP contribution >= 0.6 is 11.6 Å². The molecule has 206 valence electrons. The van der Waals surface area contributed by atoms with Crippen molar-refractivity contribution in [3.05, 3.63) is 53.4 Å². The summed E-state index contributed by atoms with van der Waals surface area (Å²) in [5.41, 5.74) is 7.04. The molecule has 0 spiro atoms. The van der Waals surface area contributed by atoms with Gasteiger partial charge in [-0.25, -0.2) is 9.50 Å². The molecular weight excluding hydrogens is 534 g/mol. The molecule has 4 heterocycles. The van der Waals surface area contributed by atoms with E-state index in [-0.39, 0.29) is 57.4 Å². The van der Waals surface area contributed by atoms with E-state index >= 15 is 0 Å². The first-order valence-electron chi connectivity index (χ1n) is 12.4. The van der Waals surface area contributed by atoms with Gasteiger partial charge in [0.05, 0.1) is 11.7 Å².